The van der Waals surface area contributed by atoms with E-state index in [-0.39, 0.29) is 5.91 Å². The summed E-state index contributed by atoms with van der Waals surface area (Å²) in [5, 5.41) is 4.56. The number of amides is 4. The summed E-state index contributed by atoms with van der Waals surface area (Å²) in [6.45, 7) is 0.0858. The van der Waals surface area contributed by atoms with Crippen LogP contribution in [0.5, 0.6) is 5.75 Å². The number of hydrogen-bond donors (Lipinski definition) is 2. The van der Waals surface area contributed by atoms with Crippen molar-refractivity contribution in [1.29, 1.82) is 0 Å². The van der Waals surface area contributed by atoms with E-state index < -0.39 is 36.2 Å². The van der Waals surface area contributed by atoms with Gasteiger partial charge in [-0.15, -0.1) is 0 Å². The first-order valence-corrected chi connectivity index (χ1v) is 10.3. The Labute approximate surface area is 189 Å². The number of urea groups is 1. The number of carbonyl (C=O) groups is 4. The zero-order valence-corrected chi connectivity index (χ0v) is 18.0. The molecule has 0 spiro atoms. The van der Waals surface area contributed by atoms with Crippen LogP contribution < -0.4 is 15.4 Å². The molecule has 1 saturated heterocycles. The van der Waals surface area contributed by atoms with Crippen molar-refractivity contribution < 1.29 is 33.0 Å². The van der Waals surface area contributed by atoms with Gasteiger partial charge in [0.25, 0.3) is 11.8 Å². The monoisotopic (exact) mass is 457 g/mol. The molecule has 0 saturated carbocycles. The van der Waals surface area contributed by atoms with Crippen molar-refractivity contribution >= 4 is 29.5 Å². The molecule has 174 valence electrons. The Bertz CT molecular complexity index is 1000. The molecule has 0 aliphatic carbocycles. The van der Waals surface area contributed by atoms with Crippen molar-refractivity contribution in [2.45, 2.75) is 12.8 Å². The van der Waals surface area contributed by atoms with Crippen molar-refractivity contribution in [3.05, 3.63) is 59.9 Å². The molecule has 2 N–H and O–H groups in total. The minimum atomic E-state index is -0.765. The lowest BCUT2D eigenvalue weighted by atomic mass is 9.96. The van der Waals surface area contributed by atoms with Gasteiger partial charge in [-0.05, 0) is 61.4 Å². The fourth-order valence-corrected chi connectivity index (χ4v) is 3.35. The number of benzene rings is 2. The summed E-state index contributed by atoms with van der Waals surface area (Å²) >= 11 is 0. The second-order valence-corrected chi connectivity index (χ2v) is 7.41. The Balaban J connectivity index is 1.38. The van der Waals surface area contributed by atoms with Crippen LogP contribution in [-0.4, -0.2) is 55.5 Å². The molecule has 10 heteroatoms. The molecule has 0 aromatic heterocycles. The second-order valence-electron chi connectivity index (χ2n) is 7.41. The van der Waals surface area contributed by atoms with Gasteiger partial charge in [-0.25, -0.2) is 9.18 Å². The molecule has 1 heterocycles. The van der Waals surface area contributed by atoms with Crippen LogP contribution in [-0.2, 0) is 14.3 Å². The van der Waals surface area contributed by atoms with Crippen molar-refractivity contribution in [1.82, 2.24) is 10.2 Å². The first kappa shape index (κ1) is 23.7. The third kappa shape index (κ3) is 6.76. The lowest BCUT2D eigenvalue weighted by Crippen LogP contribution is -2.41. The smallest absolute Gasteiger partial charge is 0.325 e. The van der Waals surface area contributed by atoms with Crippen LogP contribution in [0.2, 0.25) is 0 Å². The Morgan fingerprint density at radius 1 is 1.00 bits per heavy atom. The number of halogens is 1. The maximum absolute atomic E-state index is 13.0. The maximum Gasteiger partial charge on any atom is 0.325 e. The van der Waals surface area contributed by atoms with Gasteiger partial charge in [-0.3, -0.25) is 19.7 Å². The highest BCUT2D eigenvalue weighted by atomic mass is 19.1. The van der Waals surface area contributed by atoms with E-state index in [1.54, 1.807) is 29.2 Å². The molecule has 9 nitrogen and oxygen atoms in total. The number of hydrogen-bond acceptors (Lipinski definition) is 6. The highest BCUT2D eigenvalue weighted by Crippen LogP contribution is 2.20. The number of nitrogens with zero attached hydrogens (tertiary/aromatic N) is 1. The van der Waals surface area contributed by atoms with Crippen LogP contribution in [0.25, 0.3) is 0 Å². The molecule has 0 bridgehead atoms. The summed E-state index contributed by atoms with van der Waals surface area (Å²) in [6, 6.07) is 11.0. The zero-order chi connectivity index (χ0) is 23.8. The lowest BCUT2D eigenvalue weighted by molar-refractivity contribution is -0.153. The molecular weight excluding hydrogens is 433 g/mol. The van der Waals surface area contributed by atoms with Gasteiger partial charge in [0.1, 0.15) is 11.6 Å². The Morgan fingerprint density at radius 3 is 2.24 bits per heavy atom. The van der Waals surface area contributed by atoms with Gasteiger partial charge in [-0.1, -0.05) is 0 Å². The van der Waals surface area contributed by atoms with Gasteiger partial charge in [0.2, 0.25) is 0 Å². The molecular formula is C23H24FN3O6. The molecule has 2 aromatic rings. The number of imide groups is 1. The number of nitrogens with one attached hydrogen (secondary N) is 2. The summed E-state index contributed by atoms with van der Waals surface area (Å²) in [6.07, 6.45) is 0.761. The fourth-order valence-electron chi connectivity index (χ4n) is 3.35. The third-order valence-electron chi connectivity index (χ3n) is 5.15. The minimum Gasteiger partial charge on any atom is -0.497 e. The summed E-state index contributed by atoms with van der Waals surface area (Å²) in [4.78, 5) is 50.1. The van der Waals surface area contributed by atoms with Crippen molar-refractivity contribution in [3.8, 4) is 5.75 Å². The highest BCUT2D eigenvalue weighted by Gasteiger charge is 2.29. The van der Waals surface area contributed by atoms with Gasteiger partial charge in [-0.2, -0.15) is 0 Å². The number of piperidine rings is 1. The average molecular weight is 457 g/mol. The third-order valence-corrected chi connectivity index (χ3v) is 5.15. The van der Waals surface area contributed by atoms with E-state index in [4.69, 9.17) is 9.47 Å². The summed E-state index contributed by atoms with van der Waals surface area (Å²) in [7, 11) is 1.52. The fraction of sp³-hybridized carbons (Fsp3) is 0.304. The van der Waals surface area contributed by atoms with Gasteiger partial charge < -0.3 is 19.7 Å². The number of likely N-dealkylation sites (tertiary alicyclic amines) is 1. The Hall–Kier alpha value is -3.95. The van der Waals surface area contributed by atoms with Crippen LogP contribution in [0.4, 0.5) is 14.9 Å². The second kappa shape index (κ2) is 11.1. The topological polar surface area (TPSA) is 114 Å². The average Bonchev–Trinajstić information content (AvgIpc) is 2.83. The van der Waals surface area contributed by atoms with E-state index in [9.17, 15) is 23.6 Å². The van der Waals surface area contributed by atoms with Gasteiger partial charge in [0.15, 0.2) is 6.61 Å². The molecule has 0 radical (unpaired) electrons. The van der Waals surface area contributed by atoms with Crippen molar-refractivity contribution in [2.24, 2.45) is 5.92 Å². The van der Waals surface area contributed by atoms with Crippen molar-refractivity contribution in [2.75, 3.05) is 32.1 Å². The first-order chi connectivity index (χ1) is 15.9. The van der Waals surface area contributed by atoms with Gasteiger partial charge >= 0.3 is 12.0 Å². The van der Waals surface area contributed by atoms with E-state index in [0.29, 0.717) is 42.9 Å². The van der Waals surface area contributed by atoms with Gasteiger partial charge in [0, 0.05) is 24.3 Å². The van der Waals surface area contributed by atoms with E-state index in [1.807, 2.05) is 0 Å². The lowest BCUT2D eigenvalue weighted by Gasteiger charge is -2.31. The van der Waals surface area contributed by atoms with Crippen LogP contribution >= 0.6 is 0 Å². The summed E-state index contributed by atoms with van der Waals surface area (Å²) < 4.78 is 23.1. The molecule has 0 atom stereocenters. The minimum absolute atomic E-state index is 0.232. The normalized spacial score (nSPS) is 13.7. The summed E-state index contributed by atoms with van der Waals surface area (Å²) in [5.74, 6) is -1.81. The predicted octanol–water partition coefficient (Wildman–Crippen LogP) is 2.58. The number of esters is 1. The number of carbonyl (C=O) groups excluding carboxylic acids is 4. The molecule has 4 amide bonds. The molecule has 33 heavy (non-hydrogen) atoms. The van der Waals surface area contributed by atoms with E-state index >= 15 is 0 Å². The van der Waals surface area contributed by atoms with Crippen LogP contribution in [0.1, 0.15) is 23.2 Å². The predicted molar refractivity (Wildman–Crippen MR) is 116 cm³/mol. The highest BCUT2D eigenvalue weighted by molar-refractivity contribution is 6.02. The zero-order valence-electron chi connectivity index (χ0n) is 18.0. The Kier molecular flexibility index (Phi) is 7.96. The first-order valence-electron chi connectivity index (χ1n) is 10.3. The summed E-state index contributed by atoms with van der Waals surface area (Å²) in [5.41, 5.74) is 0.835. The van der Waals surface area contributed by atoms with E-state index in [2.05, 4.69) is 10.6 Å². The molecule has 2 aromatic carbocycles. The number of anilines is 1. The molecule has 1 aliphatic heterocycles. The molecule has 1 fully saturated rings. The van der Waals surface area contributed by atoms with Crippen LogP contribution in [0.15, 0.2) is 48.5 Å². The largest absolute Gasteiger partial charge is 0.497 e. The van der Waals surface area contributed by atoms with Crippen molar-refractivity contribution in [3.63, 3.8) is 0 Å². The maximum atomic E-state index is 13.0. The molecule has 1 aliphatic rings. The number of rotatable bonds is 6. The van der Waals surface area contributed by atoms with E-state index in [0.717, 1.165) is 0 Å². The van der Waals surface area contributed by atoms with Gasteiger partial charge in [0.05, 0.1) is 13.0 Å². The SMILES string of the molecule is COc1ccc(NC(=O)NC(=O)COC(=O)C2CCN(C(=O)c3ccc(F)cc3)CC2)cc1. The Morgan fingerprint density at radius 2 is 1.64 bits per heavy atom. The van der Waals surface area contributed by atoms with Crippen LogP contribution in [0.3, 0.4) is 0 Å². The molecule has 3 rings (SSSR count). The van der Waals surface area contributed by atoms with Crippen LogP contribution in [0, 0.1) is 11.7 Å². The number of ether oxygens (including phenoxy) is 2. The van der Waals surface area contributed by atoms with E-state index in [1.165, 1.54) is 31.4 Å². The standard InChI is InChI=1S/C23H24FN3O6/c1-32-19-8-6-18(7-9-19)25-23(31)26-20(28)14-33-22(30)16-10-12-27(13-11-16)21(29)15-2-4-17(24)5-3-15/h2-9,16H,10-14H2,1H3,(H2,25,26,28,31). The molecule has 0 unspecified atom stereocenters. The quantitative estimate of drug-likeness (QED) is 0.645. The number of methoxy groups -OCH3 is 1.